The molecule has 17 heavy (non-hydrogen) atoms. The lowest BCUT2D eigenvalue weighted by Crippen LogP contribution is -2.51. The quantitative estimate of drug-likeness (QED) is 0.541. The molecule has 0 heteroatoms. The first kappa shape index (κ1) is 17.0. The summed E-state index contributed by atoms with van der Waals surface area (Å²) in [7, 11) is 0. The van der Waals surface area contributed by atoms with Crippen molar-refractivity contribution in [2.24, 2.45) is 21.7 Å². The van der Waals surface area contributed by atoms with Gasteiger partial charge < -0.3 is 0 Å². The molecule has 0 saturated heterocycles. The highest BCUT2D eigenvalue weighted by Gasteiger charge is 2.53. The molecule has 0 amide bonds. The number of hydrogen-bond donors (Lipinski definition) is 0. The van der Waals surface area contributed by atoms with Crippen LogP contribution in [0.5, 0.6) is 0 Å². The molecule has 0 heterocycles. The van der Waals surface area contributed by atoms with Gasteiger partial charge in [0, 0.05) is 0 Å². The minimum Gasteiger partial charge on any atom is -0.0654 e. The third kappa shape index (κ3) is 3.06. The molecule has 104 valence electrons. The molecular weight excluding hydrogens is 204 g/mol. The Balaban J connectivity index is 5.48. The molecule has 0 N–H and O–H groups in total. The summed E-state index contributed by atoms with van der Waals surface area (Å²) >= 11 is 0. The minimum absolute atomic E-state index is 0.327. The third-order valence-electron chi connectivity index (χ3n) is 5.94. The van der Waals surface area contributed by atoms with Crippen LogP contribution in [0.2, 0.25) is 0 Å². The monoisotopic (exact) mass is 240 g/mol. The van der Waals surface area contributed by atoms with Crippen molar-refractivity contribution in [3.63, 3.8) is 0 Å². The van der Waals surface area contributed by atoms with Gasteiger partial charge >= 0.3 is 0 Å². The maximum absolute atomic E-state index is 2.51. The first-order chi connectivity index (χ1) is 7.31. The van der Waals surface area contributed by atoms with E-state index in [1.807, 2.05) is 0 Å². The Hall–Kier alpha value is 0. The number of hydrogen-bond acceptors (Lipinski definition) is 0. The Labute approximate surface area is 111 Å². The maximum atomic E-state index is 2.51. The highest BCUT2D eigenvalue weighted by atomic mass is 14.6. The zero-order chi connectivity index (χ0) is 14.1. The van der Waals surface area contributed by atoms with Crippen LogP contribution in [0.3, 0.4) is 0 Å². The standard InChI is InChI=1S/C17H36/c1-11-12-13-17(10,15(5,6)7)16(8,9)14(2,3)4/h11-13H2,1-10H3. The predicted molar refractivity (Wildman–Crippen MR) is 80.3 cm³/mol. The van der Waals surface area contributed by atoms with E-state index in [1.54, 1.807) is 0 Å². The van der Waals surface area contributed by atoms with E-state index >= 15 is 0 Å². The topological polar surface area (TPSA) is 0 Å². The summed E-state index contributed by atoms with van der Waals surface area (Å²) in [6, 6.07) is 0. The van der Waals surface area contributed by atoms with Crippen molar-refractivity contribution >= 4 is 0 Å². The molecule has 1 unspecified atom stereocenters. The fraction of sp³-hybridized carbons (Fsp3) is 1.00. The van der Waals surface area contributed by atoms with Crippen LogP contribution in [0.15, 0.2) is 0 Å². The summed E-state index contributed by atoms with van der Waals surface area (Å²) in [6.45, 7) is 24.2. The average molecular weight is 240 g/mol. The SMILES string of the molecule is CCCCC(C)(C(C)(C)C)C(C)(C)C(C)(C)C. The van der Waals surface area contributed by atoms with E-state index < -0.39 is 0 Å². The molecule has 0 aliphatic rings. The van der Waals surface area contributed by atoms with Gasteiger partial charge in [-0.3, -0.25) is 0 Å². The molecule has 0 nitrogen and oxygen atoms in total. The van der Waals surface area contributed by atoms with Crippen LogP contribution in [-0.4, -0.2) is 0 Å². The van der Waals surface area contributed by atoms with E-state index in [0.29, 0.717) is 21.7 Å². The third-order valence-corrected chi connectivity index (χ3v) is 5.94. The van der Waals surface area contributed by atoms with Crippen molar-refractivity contribution in [1.29, 1.82) is 0 Å². The minimum atomic E-state index is 0.327. The van der Waals surface area contributed by atoms with Crippen LogP contribution >= 0.6 is 0 Å². The largest absolute Gasteiger partial charge is 0.0654 e. The second kappa shape index (κ2) is 4.94. The van der Waals surface area contributed by atoms with Crippen molar-refractivity contribution in [3.8, 4) is 0 Å². The molecule has 0 aromatic heterocycles. The lowest BCUT2D eigenvalue weighted by atomic mass is 9.46. The van der Waals surface area contributed by atoms with Crippen LogP contribution in [-0.2, 0) is 0 Å². The van der Waals surface area contributed by atoms with Gasteiger partial charge in [0.2, 0.25) is 0 Å². The second-order valence-electron chi connectivity index (χ2n) is 8.56. The number of unbranched alkanes of at least 4 members (excludes halogenated alkanes) is 1. The molecule has 0 bridgehead atoms. The Morgan fingerprint density at radius 2 is 1.06 bits per heavy atom. The molecular formula is C17H36. The van der Waals surface area contributed by atoms with Crippen LogP contribution in [0.25, 0.3) is 0 Å². The molecule has 0 aromatic carbocycles. The van der Waals surface area contributed by atoms with Gasteiger partial charge in [0.05, 0.1) is 0 Å². The first-order valence-electron chi connectivity index (χ1n) is 7.31. The highest BCUT2D eigenvalue weighted by Crippen LogP contribution is 2.61. The van der Waals surface area contributed by atoms with Gasteiger partial charge in [0.15, 0.2) is 0 Å². The van der Waals surface area contributed by atoms with Crippen LogP contribution < -0.4 is 0 Å². The zero-order valence-corrected chi connectivity index (χ0v) is 14.1. The molecule has 0 rings (SSSR count). The Morgan fingerprint density at radius 3 is 1.29 bits per heavy atom. The summed E-state index contributed by atoms with van der Waals surface area (Å²) in [5.74, 6) is 0. The fourth-order valence-corrected chi connectivity index (χ4v) is 2.98. The summed E-state index contributed by atoms with van der Waals surface area (Å²) < 4.78 is 0. The molecule has 1 atom stereocenters. The lowest BCUT2D eigenvalue weighted by molar-refractivity contribution is -0.0995. The summed E-state index contributed by atoms with van der Waals surface area (Å²) in [4.78, 5) is 0. The average Bonchev–Trinajstić information content (AvgIpc) is 2.10. The normalized spacial score (nSPS) is 18.0. The molecule has 0 saturated carbocycles. The van der Waals surface area contributed by atoms with Crippen molar-refractivity contribution in [2.45, 2.75) is 88.5 Å². The van der Waals surface area contributed by atoms with Crippen LogP contribution in [0.4, 0.5) is 0 Å². The van der Waals surface area contributed by atoms with E-state index in [-0.39, 0.29) is 0 Å². The van der Waals surface area contributed by atoms with Gasteiger partial charge in [0.1, 0.15) is 0 Å². The van der Waals surface area contributed by atoms with E-state index in [4.69, 9.17) is 0 Å². The van der Waals surface area contributed by atoms with Crippen molar-refractivity contribution in [1.82, 2.24) is 0 Å². The first-order valence-corrected chi connectivity index (χ1v) is 7.31. The molecule has 0 fully saturated rings. The molecule has 0 radical (unpaired) electrons. The summed E-state index contributed by atoms with van der Waals surface area (Å²) in [6.07, 6.45) is 3.97. The molecule has 0 spiro atoms. The summed E-state index contributed by atoms with van der Waals surface area (Å²) in [5.41, 5.74) is 1.38. The van der Waals surface area contributed by atoms with Gasteiger partial charge in [0.25, 0.3) is 0 Å². The van der Waals surface area contributed by atoms with Gasteiger partial charge in [-0.05, 0) is 28.1 Å². The Bertz CT molecular complexity index is 234. The fourth-order valence-electron chi connectivity index (χ4n) is 2.98. The predicted octanol–water partition coefficient (Wildman–Crippen LogP) is 6.30. The van der Waals surface area contributed by atoms with Crippen LogP contribution in [0.1, 0.15) is 88.5 Å². The molecule has 0 aliphatic heterocycles. The number of rotatable bonds is 4. The smallest absolute Gasteiger partial charge is 0.0221 e. The lowest BCUT2D eigenvalue weighted by Gasteiger charge is -2.59. The Morgan fingerprint density at radius 1 is 0.647 bits per heavy atom. The molecule has 0 aliphatic carbocycles. The highest BCUT2D eigenvalue weighted by molar-refractivity contribution is 5.02. The van der Waals surface area contributed by atoms with Crippen LogP contribution in [0, 0.1) is 21.7 Å². The summed E-state index contributed by atoms with van der Waals surface area (Å²) in [5, 5.41) is 0. The van der Waals surface area contributed by atoms with Gasteiger partial charge in [-0.1, -0.05) is 82.1 Å². The second-order valence-corrected chi connectivity index (χ2v) is 8.56. The van der Waals surface area contributed by atoms with Crippen molar-refractivity contribution < 1.29 is 0 Å². The van der Waals surface area contributed by atoms with E-state index in [1.165, 1.54) is 19.3 Å². The van der Waals surface area contributed by atoms with E-state index in [9.17, 15) is 0 Å². The maximum Gasteiger partial charge on any atom is -0.0221 e. The Kier molecular flexibility index (Phi) is 4.94. The van der Waals surface area contributed by atoms with Gasteiger partial charge in [-0.2, -0.15) is 0 Å². The van der Waals surface area contributed by atoms with Crippen molar-refractivity contribution in [3.05, 3.63) is 0 Å². The van der Waals surface area contributed by atoms with Gasteiger partial charge in [-0.15, -0.1) is 0 Å². The van der Waals surface area contributed by atoms with E-state index in [0.717, 1.165) is 0 Å². The van der Waals surface area contributed by atoms with Gasteiger partial charge in [-0.25, -0.2) is 0 Å². The van der Waals surface area contributed by atoms with Crippen molar-refractivity contribution in [2.75, 3.05) is 0 Å². The zero-order valence-electron chi connectivity index (χ0n) is 14.1. The van der Waals surface area contributed by atoms with E-state index in [2.05, 4.69) is 69.2 Å². The molecule has 0 aromatic rings.